The summed E-state index contributed by atoms with van der Waals surface area (Å²) in [5.74, 6) is -3.06. The van der Waals surface area contributed by atoms with Crippen LogP contribution in [-0.2, 0) is 19.2 Å². The van der Waals surface area contributed by atoms with E-state index in [0.717, 1.165) is 0 Å². The summed E-state index contributed by atoms with van der Waals surface area (Å²) in [6.07, 6.45) is 1.71. The summed E-state index contributed by atoms with van der Waals surface area (Å²) in [6.45, 7) is 4.93. The highest BCUT2D eigenvalue weighted by atomic mass is 16.4. The Hall–Kier alpha value is -2.24. The summed E-state index contributed by atoms with van der Waals surface area (Å²) >= 11 is 0. The first kappa shape index (κ1) is 26.8. The molecule has 168 valence electrons. The lowest BCUT2D eigenvalue weighted by molar-refractivity contribution is -0.142. The van der Waals surface area contributed by atoms with E-state index in [9.17, 15) is 24.3 Å². The maximum atomic E-state index is 12.5. The molecule has 0 aliphatic rings. The number of aliphatic hydroxyl groups is 1. The lowest BCUT2D eigenvalue weighted by atomic mass is 10.0. The van der Waals surface area contributed by atoms with Crippen LogP contribution in [0.3, 0.4) is 0 Å². The first-order chi connectivity index (χ1) is 13.5. The van der Waals surface area contributed by atoms with E-state index in [-0.39, 0.29) is 18.8 Å². The summed E-state index contributed by atoms with van der Waals surface area (Å²) in [4.78, 5) is 48.0. The number of carbonyl (C=O) groups is 4. The van der Waals surface area contributed by atoms with Crippen LogP contribution in [0.25, 0.3) is 0 Å². The molecule has 0 aliphatic carbocycles. The number of amides is 3. The molecule has 0 bridgehead atoms. The minimum Gasteiger partial charge on any atom is -0.480 e. The van der Waals surface area contributed by atoms with Crippen LogP contribution in [0.4, 0.5) is 0 Å². The van der Waals surface area contributed by atoms with E-state index in [1.54, 1.807) is 0 Å². The topological polar surface area (TPSA) is 197 Å². The van der Waals surface area contributed by atoms with Crippen LogP contribution in [-0.4, -0.2) is 71.2 Å². The Morgan fingerprint density at radius 1 is 0.897 bits per heavy atom. The number of unbranched alkanes of at least 4 members (excludes halogenated alkanes) is 1. The van der Waals surface area contributed by atoms with E-state index in [1.165, 1.54) is 6.92 Å². The van der Waals surface area contributed by atoms with Crippen molar-refractivity contribution in [2.45, 2.75) is 70.6 Å². The zero-order valence-corrected chi connectivity index (χ0v) is 17.3. The van der Waals surface area contributed by atoms with Gasteiger partial charge in [-0.1, -0.05) is 13.8 Å². The van der Waals surface area contributed by atoms with Gasteiger partial charge in [0.25, 0.3) is 0 Å². The molecular weight excluding hydrogens is 382 g/mol. The van der Waals surface area contributed by atoms with Gasteiger partial charge in [0.1, 0.15) is 24.2 Å². The summed E-state index contributed by atoms with van der Waals surface area (Å²) in [5.41, 5.74) is 10.9. The molecule has 0 aromatic heterocycles. The Morgan fingerprint density at radius 3 is 1.97 bits per heavy atom. The average molecular weight is 418 g/mol. The average Bonchev–Trinajstić information content (AvgIpc) is 2.65. The summed E-state index contributed by atoms with van der Waals surface area (Å²) in [5, 5.41) is 25.5. The molecule has 11 heteroatoms. The third-order valence-corrected chi connectivity index (χ3v) is 4.19. The number of hydrogen-bond donors (Lipinski definition) is 7. The van der Waals surface area contributed by atoms with E-state index in [1.807, 2.05) is 13.8 Å². The van der Waals surface area contributed by atoms with E-state index >= 15 is 0 Å². The SMILES string of the molecule is CC(C)CC(NC(=O)C(C)NC(=O)C(CCCCN)NC(=O)C(N)CO)C(=O)O. The van der Waals surface area contributed by atoms with Crippen LogP contribution < -0.4 is 27.4 Å². The zero-order valence-electron chi connectivity index (χ0n) is 17.3. The van der Waals surface area contributed by atoms with Gasteiger partial charge >= 0.3 is 5.97 Å². The number of carboxylic acids is 1. The number of carbonyl (C=O) groups excluding carboxylic acids is 3. The second-order valence-corrected chi connectivity index (χ2v) is 7.39. The highest BCUT2D eigenvalue weighted by Gasteiger charge is 2.28. The molecule has 0 heterocycles. The van der Waals surface area contributed by atoms with Crippen molar-refractivity contribution in [3.05, 3.63) is 0 Å². The van der Waals surface area contributed by atoms with Crippen molar-refractivity contribution >= 4 is 23.7 Å². The molecule has 3 amide bonds. The molecule has 0 spiro atoms. The third-order valence-electron chi connectivity index (χ3n) is 4.19. The molecule has 0 saturated heterocycles. The second-order valence-electron chi connectivity index (χ2n) is 7.39. The number of hydrogen-bond acceptors (Lipinski definition) is 7. The third kappa shape index (κ3) is 10.8. The lowest BCUT2D eigenvalue weighted by Crippen LogP contribution is -2.56. The Bertz CT molecular complexity index is 557. The Morgan fingerprint density at radius 2 is 1.48 bits per heavy atom. The fraction of sp³-hybridized carbons (Fsp3) is 0.778. The largest absolute Gasteiger partial charge is 0.480 e. The van der Waals surface area contributed by atoms with Gasteiger partial charge in [0, 0.05) is 0 Å². The number of carboxylic acid groups (broad SMARTS) is 1. The minimum absolute atomic E-state index is 0.0548. The van der Waals surface area contributed by atoms with Crippen LogP contribution in [0.1, 0.15) is 46.5 Å². The van der Waals surface area contributed by atoms with Gasteiger partial charge in [-0.2, -0.15) is 0 Å². The van der Waals surface area contributed by atoms with Crippen molar-refractivity contribution in [1.82, 2.24) is 16.0 Å². The summed E-state index contributed by atoms with van der Waals surface area (Å²) in [6, 6.07) is -4.22. The first-order valence-electron chi connectivity index (χ1n) is 9.73. The van der Waals surface area contributed by atoms with Crippen LogP contribution in [0.2, 0.25) is 0 Å². The molecule has 9 N–H and O–H groups in total. The summed E-state index contributed by atoms with van der Waals surface area (Å²) < 4.78 is 0. The van der Waals surface area contributed by atoms with E-state index in [2.05, 4.69) is 16.0 Å². The second kappa shape index (κ2) is 13.9. The van der Waals surface area contributed by atoms with Crippen molar-refractivity contribution in [3.63, 3.8) is 0 Å². The van der Waals surface area contributed by atoms with Gasteiger partial charge in [-0.15, -0.1) is 0 Å². The van der Waals surface area contributed by atoms with Gasteiger partial charge in [0.05, 0.1) is 6.61 Å². The van der Waals surface area contributed by atoms with Crippen LogP contribution in [0.15, 0.2) is 0 Å². The predicted molar refractivity (Wildman–Crippen MR) is 107 cm³/mol. The van der Waals surface area contributed by atoms with Gasteiger partial charge in [-0.25, -0.2) is 4.79 Å². The van der Waals surface area contributed by atoms with Gasteiger partial charge < -0.3 is 37.6 Å². The molecular formula is C18H35N5O6. The number of nitrogens with two attached hydrogens (primary N) is 2. The maximum Gasteiger partial charge on any atom is 0.326 e. The van der Waals surface area contributed by atoms with E-state index in [0.29, 0.717) is 19.4 Å². The highest BCUT2D eigenvalue weighted by Crippen LogP contribution is 2.06. The quantitative estimate of drug-likeness (QED) is 0.158. The monoisotopic (exact) mass is 417 g/mol. The van der Waals surface area contributed by atoms with Crippen LogP contribution >= 0.6 is 0 Å². The first-order valence-corrected chi connectivity index (χ1v) is 9.73. The number of rotatable bonds is 14. The van der Waals surface area contributed by atoms with Crippen molar-refractivity contribution < 1.29 is 29.4 Å². The fourth-order valence-electron chi connectivity index (χ4n) is 2.49. The molecule has 29 heavy (non-hydrogen) atoms. The Balaban J connectivity index is 4.98. The lowest BCUT2D eigenvalue weighted by Gasteiger charge is -2.23. The maximum absolute atomic E-state index is 12.5. The predicted octanol–water partition coefficient (Wildman–Crippen LogP) is -1.96. The fourth-order valence-corrected chi connectivity index (χ4v) is 2.49. The molecule has 11 nitrogen and oxygen atoms in total. The number of aliphatic carboxylic acids is 1. The molecule has 4 atom stereocenters. The molecule has 0 rings (SSSR count). The molecule has 0 saturated carbocycles. The smallest absolute Gasteiger partial charge is 0.326 e. The van der Waals surface area contributed by atoms with Crippen LogP contribution in [0.5, 0.6) is 0 Å². The van der Waals surface area contributed by atoms with Crippen molar-refractivity contribution in [1.29, 1.82) is 0 Å². The molecule has 0 fully saturated rings. The molecule has 0 radical (unpaired) electrons. The number of nitrogens with one attached hydrogen (secondary N) is 3. The van der Waals surface area contributed by atoms with Gasteiger partial charge in [-0.05, 0) is 45.1 Å². The van der Waals surface area contributed by atoms with E-state index < -0.39 is 54.5 Å². The summed E-state index contributed by atoms with van der Waals surface area (Å²) in [7, 11) is 0. The Kier molecular flexibility index (Phi) is 12.8. The van der Waals surface area contributed by atoms with E-state index in [4.69, 9.17) is 16.6 Å². The van der Waals surface area contributed by atoms with Gasteiger partial charge in [-0.3, -0.25) is 14.4 Å². The highest BCUT2D eigenvalue weighted by molar-refractivity contribution is 5.93. The zero-order chi connectivity index (χ0) is 22.6. The molecule has 4 unspecified atom stereocenters. The van der Waals surface area contributed by atoms with Crippen molar-refractivity contribution in [2.75, 3.05) is 13.2 Å². The van der Waals surface area contributed by atoms with Gasteiger partial charge in [0.15, 0.2) is 0 Å². The molecule has 0 aliphatic heterocycles. The minimum atomic E-state index is -1.17. The van der Waals surface area contributed by atoms with Crippen molar-refractivity contribution in [2.24, 2.45) is 17.4 Å². The van der Waals surface area contributed by atoms with Gasteiger partial charge in [0.2, 0.25) is 17.7 Å². The Labute approximate surface area is 171 Å². The van der Waals surface area contributed by atoms with Crippen molar-refractivity contribution in [3.8, 4) is 0 Å². The normalized spacial score (nSPS) is 15.1. The number of aliphatic hydroxyl groups excluding tert-OH is 1. The molecule has 0 aromatic rings. The molecule has 0 aromatic carbocycles. The standard InChI is InChI=1S/C18H35N5O6/c1-10(2)8-14(18(28)29)23-15(25)11(3)21-17(27)13(6-4-5-7-19)22-16(26)12(20)9-24/h10-14,24H,4-9,19-20H2,1-3H3,(H,21,27)(H,22,26)(H,23,25)(H,28,29). The van der Waals surface area contributed by atoms with Crippen LogP contribution in [0, 0.1) is 5.92 Å².